The lowest BCUT2D eigenvalue weighted by molar-refractivity contribution is 0.908. The molecule has 9 rings (SSSR count). The van der Waals surface area contributed by atoms with Crippen LogP contribution in [0, 0.1) is 0 Å². The summed E-state index contributed by atoms with van der Waals surface area (Å²) in [5, 5.41) is 4.44. The molecule has 0 radical (unpaired) electrons. The predicted molar refractivity (Wildman–Crippen MR) is 193 cm³/mol. The smallest absolute Gasteiger partial charge is 0.124 e. The fraction of sp³-hybridized carbons (Fsp3) is 0.0488. The molecule has 0 aliphatic rings. The van der Waals surface area contributed by atoms with Gasteiger partial charge < -0.3 is 0 Å². The first-order valence-electron chi connectivity index (χ1n) is 15.6. The van der Waals surface area contributed by atoms with E-state index in [4.69, 9.17) is 15.0 Å². The Morgan fingerprint density at radius 1 is 0.565 bits per heavy atom. The summed E-state index contributed by atoms with van der Waals surface area (Å²) in [6.45, 7) is 2.17. The summed E-state index contributed by atoms with van der Waals surface area (Å²) in [7, 11) is 0. The average molecular weight is 609 g/mol. The van der Waals surface area contributed by atoms with Gasteiger partial charge in [0.1, 0.15) is 10.8 Å². The Kier molecular flexibility index (Phi) is 6.25. The summed E-state index contributed by atoms with van der Waals surface area (Å²) in [6, 6.07) is 49.1. The third kappa shape index (κ3) is 4.31. The molecule has 0 aliphatic heterocycles. The first-order valence-corrected chi connectivity index (χ1v) is 16.4. The number of aryl methyl sites for hydroxylation is 1. The Bertz CT molecular complexity index is 2550. The lowest BCUT2D eigenvalue weighted by Gasteiger charge is -2.12. The van der Waals surface area contributed by atoms with Crippen molar-refractivity contribution in [3.8, 4) is 38.6 Å². The number of rotatable bonds is 5. The molecule has 5 heteroatoms. The summed E-state index contributed by atoms with van der Waals surface area (Å²) in [5.74, 6) is 1.04. The van der Waals surface area contributed by atoms with Gasteiger partial charge in [0.2, 0.25) is 0 Å². The lowest BCUT2D eigenvalue weighted by atomic mass is 9.97. The van der Waals surface area contributed by atoms with Crippen LogP contribution < -0.4 is 0 Å². The molecule has 0 N–H and O–H groups in total. The minimum absolute atomic E-state index is 0.826. The molecule has 0 amide bonds. The quantitative estimate of drug-likeness (QED) is 0.183. The Morgan fingerprint density at radius 3 is 2.09 bits per heavy atom. The van der Waals surface area contributed by atoms with Crippen molar-refractivity contribution in [2.45, 2.75) is 13.3 Å². The van der Waals surface area contributed by atoms with Crippen molar-refractivity contribution in [2.24, 2.45) is 0 Å². The molecule has 0 saturated carbocycles. The number of hydrogen-bond donors (Lipinski definition) is 0. The van der Waals surface area contributed by atoms with Gasteiger partial charge in [-0.2, -0.15) is 0 Å². The van der Waals surface area contributed by atoms with Crippen LogP contribution in [0.25, 0.3) is 81.6 Å². The molecule has 0 saturated heterocycles. The molecule has 4 nitrogen and oxygen atoms in total. The van der Waals surface area contributed by atoms with Gasteiger partial charge >= 0.3 is 0 Å². The van der Waals surface area contributed by atoms with Crippen LogP contribution in [-0.2, 0) is 6.42 Å². The van der Waals surface area contributed by atoms with E-state index in [-0.39, 0.29) is 0 Å². The molecular weight excluding hydrogens is 581 g/mol. The summed E-state index contributed by atoms with van der Waals surface area (Å²) >= 11 is 1.73. The van der Waals surface area contributed by atoms with Crippen LogP contribution >= 0.6 is 11.3 Å². The van der Waals surface area contributed by atoms with Crippen molar-refractivity contribution in [2.75, 3.05) is 0 Å². The van der Waals surface area contributed by atoms with Crippen LogP contribution in [0.4, 0.5) is 0 Å². The molecule has 0 fully saturated rings. The van der Waals surface area contributed by atoms with Gasteiger partial charge in [0, 0.05) is 34.0 Å². The van der Waals surface area contributed by atoms with E-state index in [1.165, 1.54) is 10.1 Å². The number of imidazole rings is 1. The normalized spacial score (nSPS) is 11.7. The van der Waals surface area contributed by atoms with Crippen molar-refractivity contribution in [1.82, 2.24) is 19.5 Å². The highest BCUT2D eigenvalue weighted by atomic mass is 32.1. The molecule has 46 heavy (non-hydrogen) atoms. The fourth-order valence-electron chi connectivity index (χ4n) is 6.57. The van der Waals surface area contributed by atoms with E-state index < -0.39 is 0 Å². The second kappa shape index (κ2) is 10.8. The second-order valence-corrected chi connectivity index (χ2v) is 12.6. The highest BCUT2D eigenvalue weighted by molar-refractivity contribution is 7.21. The first-order chi connectivity index (χ1) is 22.7. The van der Waals surface area contributed by atoms with Crippen molar-refractivity contribution in [3.05, 3.63) is 145 Å². The fourth-order valence-corrected chi connectivity index (χ4v) is 7.53. The second-order valence-electron chi connectivity index (χ2n) is 11.5. The summed E-state index contributed by atoms with van der Waals surface area (Å²) in [6.07, 6.45) is 0.826. The van der Waals surface area contributed by atoms with E-state index in [0.717, 1.165) is 83.7 Å². The van der Waals surface area contributed by atoms with Gasteiger partial charge in [0.15, 0.2) is 0 Å². The Labute approximate surface area is 270 Å². The number of thiazole rings is 1. The minimum Gasteiger partial charge on any atom is -0.296 e. The van der Waals surface area contributed by atoms with Gasteiger partial charge in [-0.25, -0.2) is 15.0 Å². The molecule has 0 unspecified atom stereocenters. The zero-order chi connectivity index (χ0) is 30.6. The topological polar surface area (TPSA) is 43.6 Å². The monoisotopic (exact) mass is 608 g/mol. The third-order valence-corrected chi connectivity index (χ3v) is 9.88. The van der Waals surface area contributed by atoms with Crippen molar-refractivity contribution in [3.63, 3.8) is 0 Å². The van der Waals surface area contributed by atoms with Crippen LogP contribution in [0.3, 0.4) is 0 Å². The molecule has 0 atom stereocenters. The number of aromatic nitrogens is 4. The molecule has 218 valence electrons. The number of pyridine rings is 1. The summed E-state index contributed by atoms with van der Waals surface area (Å²) in [5.41, 5.74) is 10.7. The molecule has 0 bridgehead atoms. The third-order valence-electron chi connectivity index (χ3n) is 8.79. The Morgan fingerprint density at radius 2 is 1.28 bits per heavy atom. The van der Waals surface area contributed by atoms with E-state index in [0.29, 0.717) is 0 Å². The molecule has 6 aromatic carbocycles. The van der Waals surface area contributed by atoms with Crippen molar-refractivity contribution in [1.29, 1.82) is 0 Å². The van der Waals surface area contributed by atoms with E-state index in [1.807, 2.05) is 6.07 Å². The van der Waals surface area contributed by atoms with E-state index in [1.54, 1.807) is 11.3 Å². The van der Waals surface area contributed by atoms with Crippen LogP contribution in [0.15, 0.2) is 140 Å². The Hall–Kier alpha value is -5.65. The van der Waals surface area contributed by atoms with E-state index >= 15 is 0 Å². The molecule has 0 spiro atoms. The maximum absolute atomic E-state index is 5.28. The highest BCUT2D eigenvalue weighted by Crippen LogP contribution is 2.39. The number of benzene rings is 6. The molecule has 9 aromatic rings. The number of hydrogen-bond acceptors (Lipinski definition) is 4. The standard InChI is InChI=1S/C41H28N4S/c1-2-37-44-40-35(45(37)30-13-7-4-8-14-30)23-22-32-31-15-9-10-16-33(31)42-39(38(32)40)27-19-17-26(18-20-27)29-21-24-36-34(25-29)43-41(46-36)28-11-5-3-6-12-28/h3-25H,2H2,1H3. The first kappa shape index (κ1) is 26.7. The van der Waals surface area contributed by atoms with E-state index in [9.17, 15) is 0 Å². The van der Waals surface area contributed by atoms with Gasteiger partial charge in [-0.15, -0.1) is 11.3 Å². The maximum Gasteiger partial charge on any atom is 0.124 e. The van der Waals surface area contributed by atoms with Gasteiger partial charge in [-0.05, 0) is 52.9 Å². The molecule has 3 aromatic heterocycles. The van der Waals surface area contributed by atoms with Crippen molar-refractivity contribution >= 4 is 54.3 Å². The maximum atomic E-state index is 5.28. The van der Waals surface area contributed by atoms with E-state index in [2.05, 4.69) is 145 Å². The minimum atomic E-state index is 0.826. The number of nitrogens with zero attached hydrogens (tertiary/aromatic N) is 4. The summed E-state index contributed by atoms with van der Waals surface area (Å²) in [4.78, 5) is 15.5. The van der Waals surface area contributed by atoms with Crippen molar-refractivity contribution < 1.29 is 0 Å². The average Bonchev–Trinajstić information content (AvgIpc) is 3.73. The van der Waals surface area contributed by atoms with Gasteiger partial charge in [-0.3, -0.25) is 4.57 Å². The molecule has 0 aliphatic carbocycles. The number of fused-ring (bicyclic) bond motifs is 6. The van der Waals surface area contributed by atoms with Gasteiger partial charge in [0.25, 0.3) is 0 Å². The SMILES string of the molecule is CCc1nc2c3c(-c4ccc(-c5ccc6sc(-c7ccccc7)nc6c5)cc4)nc4ccccc4c3ccc2n1-c1ccccc1. The Balaban J connectivity index is 1.20. The highest BCUT2D eigenvalue weighted by Gasteiger charge is 2.19. The molecule has 3 heterocycles. The van der Waals surface area contributed by atoms with Crippen LogP contribution in [-0.4, -0.2) is 19.5 Å². The molecular formula is C41H28N4S. The predicted octanol–water partition coefficient (Wildman–Crippen LogP) is 10.9. The van der Waals surface area contributed by atoms with Gasteiger partial charge in [0.05, 0.1) is 32.5 Å². The van der Waals surface area contributed by atoms with Crippen LogP contribution in [0.5, 0.6) is 0 Å². The zero-order valence-corrected chi connectivity index (χ0v) is 26.0. The van der Waals surface area contributed by atoms with Crippen LogP contribution in [0.2, 0.25) is 0 Å². The summed E-state index contributed by atoms with van der Waals surface area (Å²) < 4.78 is 3.48. The van der Waals surface area contributed by atoms with Gasteiger partial charge in [-0.1, -0.05) is 110 Å². The largest absolute Gasteiger partial charge is 0.296 e. The zero-order valence-electron chi connectivity index (χ0n) is 25.2. The van der Waals surface area contributed by atoms with Crippen LogP contribution in [0.1, 0.15) is 12.7 Å². The lowest BCUT2D eigenvalue weighted by Crippen LogP contribution is -1.99. The number of para-hydroxylation sites is 2.